The van der Waals surface area contributed by atoms with Crippen LogP contribution in [0, 0.1) is 13.8 Å². The molecule has 1 aliphatic heterocycles. The van der Waals surface area contributed by atoms with Crippen molar-refractivity contribution in [2.75, 3.05) is 19.0 Å². The second-order valence-electron chi connectivity index (χ2n) is 8.37. The number of carbonyl (C=O) groups excluding carboxylic acids is 3. The average molecular weight is 503 g/mol. The van der Waals surface area contributed by atoms with Gasteiger partial charge in [0.25, 0.3) is 17.1 Å². The van der Waals surface area contributed by atoms with E-state index in [0.29, 0.717) is 27.7 Å². The Morgan fingerprint density at radius 2 is 1.61 bits per heavy atom. The summed E-state index contributed by atoms with van der Waals surface area (Å²) < 4.78 is 11.1. The van der Waals surface area contributed by atoms with E-state index in [0.717, 1.165) is 28.5 Å². The first-order valence-corrected chi connectivity index (χ1v) is 12.1. The van der Waals surface area contributed by atoms with E-state index in [-0.39, 0.29) is 30.2 Å². The van der Waals surface area contributed by atoms with Crippen LogP contribution in [0.1, 0.15) is 22.3 Å². The predicted octanol–water partition coefficient (Wildman–Crippen LogP) is 5.57. The Morgan fingerprint density at radius 3 is 2.28 bits per heavy atom. The highest BCUT2D eigenvalue weighted by molar-refractivity contribution is 8.18. The van der Waals surface area contributed by atoms with E-state index >= 15 is 0 Å². The number of hydrogen-bond acceptors (Lipinski definition) is 6. The maximum atomic E-state index is 12.9. The second kappa shape index (κ2) is 11.1. The normalized spacial score (nSPS) is 14.3. The Balaban J connectivity index is 1.41. The van der Waals surface area contributed by atoms with Gasteiger partial charge in [-0.2, -0.15) is 0 Å². The second-order valence-corrected chi connectivity index (χ2v) is 9.36. The molecule has 3 amide bonds. The largest absolute Gasteiger partial charge is 0.493 e. The van der Waals surface area contributed by atoms with Gasteiger partial charge in [0.05, 0.1) is 18.6 Å². The SMILES string of the molecule is COc1cc(/C=C2\SC(=O)N(Cc3ccc(C)cc3)C2=O)ccc1OCC(=O)Nc1ccc(C)cc1. The van der Waals surface area contributed by atoms with E-state index in [1.807, 2.05) is 62.4 Å². The standard InChI is InChI=1S/C28H26N2O5S/c1-18-4-8-20(9-5-18)16-30-27(32)25(36-28(30)33)15-21-10-13-23(24(14-21)34-3)35-17-26(31)29-22-11-6-19(2)7-12-22/h4-15H,16-17H2,1-3H3,(H,29,31)/b25-15-. The summed E-state index contributed by atoms with van der Waals surface area (Å²) in [5, 5.41) is 2.47. The van der Waals surface area contributed by atoms with Crippen molar-refractivity contribution in [2.45, 2.75) is 20.4 Å². The number of rotatable bonds is 8. The summed E-state index contributed by atoms with van der Waals surface area (Å²) in [5.41, 5.74) is 4.46. The van der Waals surface area contributed by atoms with Gasteiger partial charge < -0.3 is 14.8 Å². The van der Waals surface area contributed by atoms with Gasteiger partial charge in [-0.15, -0.1) is 0 Å². The first kappa shape index (κ1) is 25.1. The Bertz CT molecular complexity index is 1320. The van der Waals surface area contributed by atoms with Crippen molar-refractivity contribution in [1.29, 1.82) is 0 Å². The number of amides is 3. The molecule has 7 nitrogen and oxygen atoms in total. The Labute approximate surface area is 214 Å². The molecule has 3 aromatic carbocycles. The monoisotopic (exact) mass is 502 g/mol. The Hall–Kier alpha value is -4.04. The molecule has 0 bridgehead atoms. The van der Waals surface area contributed by atoms with Crippen molar-refractivity contribution in [2.24, 2.45) is 0 Å². The number of aryl methyl sites for hydroxylation is 2. The first-order chi connectivity index (χ1) is 17.3. The zero-order valence-electron chi connectivity index (χ0n) is 20.2. The molecule has 184 valence electrons. The van der Waals surface area contributed by atoms with Crippen LogP contribution in [0.15, 0.2) is 71.6 Å². The summed E-state index contributed by atoms with van der Waals surface area (Å²) >= 11 is 0.906. The van der Waals surface area contributed by atoms with Crippen molar-refractivity contribution < 1.29 is 23.9 Å². The zero-order valence-corrected chi connectivity index (χ0v) is 21.1. The van der Waals surface area contributed by atoms with Crippen LogP contribution < -0.4 is 14.8 Å². The number of methoxy groups -OCH3 is 1. The quantitative estimate of drug-likeness (QED) is 0.406. The van der Waals surface area contributed by atoms with Crippen LogP contribution in [-0.4, -0.2) is 35.7 Å². The summed E-state index contributed by atoms with van der Waals surface area (Å²) in [4.78, 5) is 39.2. The molecule has 36 heavy (non-hydrogen) atoms. The minimum Gasteiger partial charge on any atom is -0.493 e. The van der Waals surface area contributed by atoms with E-state index in [4.69, 9.17) is 9.47 Å². The zero-order chi connectivity index (χ0) is 25.7. The number of imide groups is 1. The molecule has 1 heterocycles. The van der Waals surface area contributed by atoms with E-state index < -0.39 is 0 Å². The maximum absolute atomic E-state index is 12.9. The van der Waals surface area contributed by atoms with Crippen LogP contribution >= 0.6 is 11.8 Å². The third-order valence-corrected chi connectivity index (χ3v) is 6.42. The van der Waals surface area contributed by atoms with Gasteiger partial charge in [0.1, 0.15) is 0 Å². The number of carbonyl (C=O) groups is 3. The summed E-state index contributed by atoms with van der Waals surface area (Å²) in [6, 6.07) is 20.3. The third-order valence-electron chi connectivity index (χ3n) is 5.51. The highest BCUT2D eigenvalue weighted by atomic mass is 32.2. The van der Waals surface area contributed by atoms with Gasteiger partial charge in [0.15, 0.2) is 18.1 Å². The van der Waals surface area contributed by atoms with Crippen LogP contribution in [0.3, 0.4) is 0 Å². The van der Waals surface area contributed by atoms with Gasteiger partial charge in [-0.25, -0.2) is 0 Å². The van der Waals surface area contributed by atoms with Gasteiger partial charge in [-0.3, -0.25) is 19.3 Å². The molecule has 0 saturated carbocycles. The van der Waals surface area contributed by atoms with Gasteiger partial charge >= 0.3 is 0 Å². The van der Waals surface area contributed by atoms with Crippen LogP contribution in [0.2, 0.25) is 0 Å². The van der Waals surface area contributed by atoms with Crippen molar-refractivity contribution in [3.8, 4) is 11.5 Å². The third kappa shape index (κ3) is 6.14. The Kier molecular flexibility index (Phi) is 7.75. The van der Waals surface area contributed by atoms with Crippen LogP contribution in [0.4, 0.5) is 10.5 Å². The molecule has 0 aromatic heterocycles. The topological polar surface area (TPSA) is 84.9 Å². The predicted molar refractivity (Wildman–Crippen MR) is 141 cm³/mol. The molecule has 3 aromatic rings. The molecule has 1 aliphatic rings. The number of anilines is 1. The lowest BCUT2D eigenvalue weighted by Crippen LogP contribution is -2.27. The van der Waals surface area contributed by atoms with Gasteiger partial charge in [0.2, 0.25) is 0 Å². The Morgan fingerprint density at radius 1 is 0.944 bits per heavy atom. The van der Waals surface area contributed by atoms with Crippen molar-refractivity contribution in [1.82, 2.24) is 4.90 Å². The van der Waals surface area contributed by atoms with E-state index in [1.54, 1.807) is 24.3 Å². The van der Waals surface area contributed by atoms with E-state index in [2.05, 4.69) is 5.32 Å². The molecule has 0 radical (unpaired) electrons. The molecule has 1 saturated heterocycles. The maximum Gasteiger partial charge on any atom is 0.293 e. The number of nitrogens with zero attached hydrogens (tertiary/aromatic N) is 1. The van der Waals surface area contributed by atoms with E-state index in [9.17, 15) is 14.4 Å². The number of thioether (sulfide) groups is 1. The highest BCUT2D eigenvalue weighted by Gasteiger charge is 2.35. The molecular weight excluding hydrogens is 476 g/mol. The molecule has 1 N–H and O–H groups in total. The van der Waals surface area contributed by atoms with Gasteiger partial charge in [-0.05, 0) is 67.1 Å². The highest BCUT2D eigenvalue weighted by Crippen LogP contribution is 2.35. The molecule has 0 atom stereocenters. The fraction of sp³-hybridized carbons (Fsp3) is 0.179. The number of hydrogen-bond donors (Lipinski definition) is 1. The smallest absolute Gasteiger partial charge is 0.293 e. The first-order valence-electron chi connectivity index (χ1n) is 11.3. The van der Waals surface area contributed by atoms with Crippen LogP contribution in [-0.2, 0) is 16.1 Å². The van der Waals surface area contributed by atoms with Gasteiger partial charge in [-0.1, -0.05) is 53.6 Å². The molecule has 0 aliphatic carbocycles. The molecule has 0 spiro atoms. The van der Waals surface area contributed by atoms with Crippen molar-refractivity contribution >= 4 is 40.6 Å². The minimum absolute atomic E-state index is 0.193. The number of nitrogens with one attached hydrogen (secondary N) is 1. The van der Waals surface area contributed by atoms with Gasteiger partial charge in [0, 0.05) is 5.69 Å². The summed E-state index contributed by atoms with van der Waals surface area (Å²) in [7, 11) is 1.49. The van der Waals surface area contributed by atoms with Crippen LogP contribution in [0.25, 0.3) is 6.08 Å². The van der Waals surface area contributed by atoms with Crippen molar-refractivity contribution in [3.63, 3.8) is 0 Å². The molecule has 0 unspecified atom stereocenters. The minimum atomic E-state index is -0.336. The lowest BCUT2D eigenvalue weighted by Gasteiger charge is -2.13. The molecule has 1 fully saturated rings. The number of benzene rings is 3. The van der Waals surface area contributed by atoms with Crippen LogP contribution in [0.5, 0.6) is 11.5 Å². The summed E-state index contributed by atoms with van der Waals surface area (Å²) in [6.07, 6.45) is 1.65. The molecule has 8 heteroatoms. The lowest BCUT2D eigenvalue weighted by atomic mass is 10.1. The van der Waals surface area contributed by atoms with E-state index in [1.165, 1.54) is 12.0 Å². The number of ether oxygens (including phenoxy) is 2. The fourth-order valence-corrected chi connectivity index (χ4v) is 4.37. The lowest BCUT2D eigenvalue weighted by molar-refractivity contribution is -0.123. The summed E-state index contributed by atoms with van der Waals surface area (Å²) in [6.45, 7) is 3.99. The molecule has 4 rings (SSSR count). The summed E-state index contributed by atoms with van der Waals surface area (Å²) in [5.74, 6) is 0.164. The fourth-order valence-electron chi connectivity index (χ4n) is 3.53. The van der Waals surface area contributed by atoms with Crippen molar-refractivity contribution in [3.05, 3.63) is 93.9 Å². The molecular formula is C28H26N2O5S. The average Bonchev–Trinajstić information content (AvgIpc) is 3.13.